The number of para-hydroxylation sites is 1. The van der Waals surface area contributed by atoms with Gasteiger partial charge in [0.25, 0.3) is 0 Å². The highest BCUT2D eigenvalue weighted by molar-refractivity contribution is 7.10. The molecule has 0 saturated carbocycles. The topological polar surface area (TPSA) is 57.3 Å². The van der Waals surface area contributed by atoms with Gasteiger partial charge in [-0.15, -0.1) is 11.3 Å². The second-order valence-electron chi connectivity index (χ2n) is 10.4. The fourth-order valence-corrected chi connectivity index (χ4v) is 5.79. The lowest BCUT2D eigenvalue weighted by Crippen LogP contribution is -2.58. The van der Waals surface area contributed by atoms with Crippen molar-refractivity contribution >= 4 is 23.1 Å². The van der Waals surface area contributed by atoms with Crippen LogP contribution >= 0.6 is 11.3 Å². The highest BCUT2D eigenvalue weighted by atomic mass is 32.1. The summed E-state index contributed by atoms with van der Waals surface area (Å²) >= 11 is 1.09. The number of nitrogens with zero attached hydrogens (tertiary/aromatic N) is 2. The van der Waals surface area contributed by atoms with Crippen LogP contribution in [0.1, 0.15) is 49.7 Å². The van der Waals surface area contributed by atoms with E-state index in [0.29, 0.717) is 38.0 Å². The first-order valence-corrected chi connectivity index (χ1v) is 13.1. The molecule has 192 valence electrons. The standard InChI is InChI=1S/C28H34F2N4OS/c1-20-10-11-21(18-31-20)26(2,3)34-17-16-28(19-34,15-14-23-12-13-24(29)36-23)27(4,30)33-25(35)32-22-8-6-5-7-9-22/h5-13,18H,14-17,19H2,1-4H3,(H2,32,33,35)/t27?,28-/m1/s1. The number of rotatable bonds is 8. The summed E-state index contributed by atoms with van der Waals surface area (Å²) in [5, 5.41) is 5.10. The van der Waals surface area contributed by atoms with Crippen LogP contribution in [0.2, 0.25) is 0 Å². The van der Waals surface area contributed by atoms with Crippen LogP contribution < -0.4 is 10.6 Å². The predicted molar refractivity (Wildman–Crippen MR) is 141 cm³/mol. The molecule has 0 radical (unpaired) electrons. The van der Waals surface area contributed by atoms with E-state index in [-0.39, 0.29) is 10.7 Å². The van der Waals surface area contributed by atoms with Crippen LogP contribution in [-0.4, -0.2) is 34.8 Å². The Hall–Kier alpha value is -2.84. The zero-order chi connectivity index (χ0) is 26.0. The Labute approximate surface area is 215 Å². The second-order valence-corrected chi connectivity index (χ2v) is 11.5. The predicted octanol–water partition coefficient (Wildman–Crippen LogP) is 6.66. The number of aromatic nitrogens is 1. The van der Waals surface area contributed by atoms with E-state index in [1.54, 1.807) is 18.2 Å². The number of hydrogen-bond acceptors (Lipinski definition) is 4. The maximum absolute atomic E-state index is 16.6. The Morgan fingerprint density at radius 3 is 2.53 bits per heavy atom. The molecule has 8 heteroatoms. The van der Waals surface area contributed by atoms with Gasteiger partial charge in [-0.25, -0.2) is 9.18 Å². The lowest BCUT2D eigenvalue weighted by atomic mass is 9.74. The fourth-order valence-electron chi connectivity index (χ4n) is 5.06. The van der Waals surface area contributed by atoms with E-state index in [2.05, 4.69) is 40.4 Å². The molecule has 2 N–H and O–H groups in total. The number of carbonyl (C=O) groups excluding carboxylic acids is 1. The first-order chi connectivity index (χ1) is 17.0. The number of aryl methyl sites for hydroxylation is 2. The number of pyridine rings is 1. The van der Waals surface area contributed by atoms with Gasteiger partial charge in [0.2, 0.25) is 0 Å². The number of benzene rings is 1. The molecule has 0 spiro atoms. The highest BCUT2D eigenvalue weighted by Crippen LogP contribution is 2.48. The Kier molecular flexibility index (Phi) is 7.48. The first-order valence-electron chi connectivity index (χ1n) is 12.3. The molecule has 2 atom stereocenters. The van der Waals surface area contributed by atoms with Crippen molar-refractivity contribution in [3.63, 3.8) is 0 Å². The molecule has 0 aliphatic carbocycles. The van der Waals surface area contributed by atoms with E-state index < -0.39 is 17.2 Å². The maximum atomic E-state index is 16.6. The molecule has 1 fully saturated rings. The van der Waals surface area contributed by atoms with Gasteiger partial charge in [0.1, 0.15) is 0 Å². The molecule has 4 rings (SSSR count). The van der Waals surface area contributed by atoms with E-state index in [4.69, 9.17) is 0 Å². The molecule has 2 aromatic heterocycles. The number of alkyl halides is 1. The number of likely N-dealkylation sites (tertiary alicyclic amines) is 1. The van der Waals surface area contributed by atoms with Crippen LogP contribution in [0.15, 0.2) is 60.8 Å². The summed E-state index contributed by atoms with van der Waals surface area (Å²) in [6.07, 6.45) is 3.45. The molecule has 36 heavy (non-hydrogen) atoms. The summed E-state index contributed by atoms with van der Waals surface area (Å²) in [5.41, 5.74) is 1.35. The van der Waals surface area contributed by atoms with E-state index in [9.17, 15) is 9.18 Å². The van der Waals surface area contributed by atoms with Crippen LogP contribution in [0, 0.1) is 17.5 Å². The Morgan fingerprint density at radius 2 is 1.89 bits per heavy atom. The monoisotopic (exact) mass is 512 g/mol. The lowest BCUT2D eigenvalue weighted by Gasteiger charge is -2.43. The molecule has 1 aliphatic heterocycles. The number of carbonyl (C=O) groups is 1. The van der Waals surface area contributed by atoms with Gasteiger partial charge in [0.05, 0.1) is 0 Å². The summed E-state index contributed by atoms with van der Waals surface area (Å²) in [7, 11) is 0. The summed E-state index contributed by atoms with van der Waals surface area (Å²) in [4.78, 5) is 20.4. The third kappa shape index (κ3) is 5.60. The number of nitrogens with one attached hydrogen (secondary N) is 2. The zero-order valence-corrected chi connectivity index (χ0v) is 22.1. The second kappa shape index (κ2) is 10.3. The van der Waals surface area contributed by atoms with Crippen molar-refractivity contribution in [3.8, 4) is 0 Å². The lowest BCUT2D eigenvalue weighted by molar-refractivity contribution is -0.0202. The summed E-state index contributed by atoms with van der Waals surface area (Å²) < 4.78 is 30.3. The zero-order valence-electron chi connectivity index (χ0n) is 21.3. The summed E-state index contributed by atoms with van der Waals surface area (Å²) in [6, 6.07) is 15.6. The molecular weight excluding hydrogens is 478 g/mol. The minimum atomic E-state index is -2.00. The minimum Gasteiger partial charge on any atom is -0.308 e. The van der Waals surface area contributed by atoms with Crippen LogP contribution in [0.3, 0.4) is 0 Å². The van der Waals surface area contributed by atoms with E-state index >= 15 is 4.39 Å². The molecule has 0 bridgehead atoms. The average molecular weight is 513 g/mol. The molecule has 1 aromatic carbocycles. The van der Waals surface area contributed by atoms with Gasteiger partial charge in [0, 0.05) is 40.0 Å². The van der Waals surface area contributed by atoms with Crippen molar-refractivity contribution in [3.05, 3.63) is 82.1 Å². The Balaban J connectivity index is 1.57. The van der Waals surface area contributed by atoms with Gasteiger partial charge < -0.3 is 10.6 Å². The molecule has 1 aliphatic rings. The van der Waals surface area contributed by atoms with Crippen molar-refractivity contribution in [1.82, 2.24) is 15.2 Å². The highest BCUT2D eigenvalue weighted by Gasteiger charge is 2.55. The molecule has 1 unspecified atom stereocenters. The van der Waals surface area contributed by atoms with E-state index in [1.165, 1.54) is 13.0 Å². The summed E-state index contributed by atoms with van der Waals surface area (Å²) in [5.74, 6) is -2.00. The van der Waals surface area contributed by atoms with Crippen LogP contribution in [0.4, 0.5) is 19.3 Å². The summed E-state index contributed by atoms with van der Waals surface area (Å²) in [6.45, 7) is 8.76. The van der Waals surface area contributed by atoms with Gasteiger partial charge in [-0.05, 0) is 89.4 Å². The van der Waals surface area contributed by atoms with Crippen molar-refractivity contribution in [1.29, 1.82) is 0 Å². The quantitative estimate of drug-likeness (QED) is 0.332. The van der Waals surface area contributed by atoms with Crippen LogP contribution in [-0.2, 0) is 12.0 Å². The molecule has 5 nitrogen and oxygen atoms in total. The third-order valence-corrected chi connectivity index (χ3v) is 8.55. The van der Waals surface area contributed by atoms with E-state index in [0.717, 1.165) is 27.5 Å². The molecule has 2 amide bonds. The number of urea groups is 1. The third-order valence-electron chi connectivity index (χ3n) is 7.62. The SMILES string of the molecule is Cc1ccc(C(C)(C)N2CC[C@@](CCc3ccc(F)s3)(C(C)(F)NC(=O)Nc3ccccc3)C2)cn1. The average Bonchev–Trinajstić information content (AvgIpc) is 3.46. The van der Waals surface area contributed by atoms with Crippen LogP contribution in [0.5, 0.6) is 0 Å². The molecule has 1 saturated heterocycles. The first kappa shape index (κ1) is 26.2. The number of hydrogen-bond donors (Lipinski definition) is 2. The van der Waals surface area contributed by atoms with Gasteiger partial charge in [0.15, 0.2) is 10.9 Å². The van der Waals surface area contributed by atoms with Crippen molar-refractivity contribution in [2.45, 2.75) is 58.3 Å². The van der Waals surface area contributed by atoms with Gasteiger partial charge in [-0.2, -0.15) is 4.39 Å². The molecular formula is C28H34F2N4OS. The number of thiophene rings is 1. The minimum absolute atomic E-state index is 0.247. The molecule has 3 aromatic rings. The number of amides is 2. The van der Waals surface area contributed by atoms with Crippen molar-refractivity contribution in [2.75, 3.05) is 18.4 Å². The molecule has 3 heterocycles. The largest absolute Gasteiger partial charge is 0.321 e. The fraction of sp³-hybridized carbons (Fsp3) is 0.429. The normalized spacial score (nSPS) is 20.2. The number of halogens is 2. The van der Waals surface area contributed by atoms with Crippen LogP contribution in [0.25, 0.3) is 0 Å². The Morgan fingerprint density at radius 1 is 1.14 bits per heavy atom. The Bertz CT molecular complexity index is 1180. The van der Waals surface area contributed by atoms with Gasteiger partial charge >= 0.3 is 6.03 Å². The smallest absolute Gasteiger partial charge is 0.308 e. The van der Waals surface area contributed by atoms with Crippen molar-refractivity contribution in [2.24, 2.45) is 5.41 Å². The van der Waals surface area contributed by atoms with Gasteiger partial charge in [-0.3, -0.25) is 9.88 Å². The maximum Gasteiger partial charge on any atom is 0.321 e. The van der Waals surface area contributed by atoms with E-state index in [1.807, 2.05) is 37.4 Å². The van der Waals surface area contributed by atoms with Crippen molar-refractivity contribution < 1.29 is 13.6 Å². The number of anilines is 1. The van der Waals surface area contributed by atoms with Gasteiger partial charge in [-0.1, -0.05) is 24.3 Å².